The first kappa shape index (κ1) is 18.4. The number of halogens is 1. The van der Waals surface area contributed by atoms with Gasteiger partial charge in [0.05, 0.1) is 11.6 Å². The fourth-order valence-corrected chi connectivity index (χ4v) is 2.65. The molecule has 1 aromatic heterocycles. The molecule has 0 radical (unpaired) electrons. The summed E-state index contributed by atoms with van der Waals surface area (Å²) >= 11 is 5.99. The van der Waals surface area contributed by atoms with E-state index in [1.807, 2.05) is 31.2 Å². The number of anilines is 1. The molecule has 1 amide bonds. The molecule has 2 aromatic rings. The van der Waals surface area contributed by atoms with Crippen LogP contribution in [-0.2, 0) is 9.53 Å². The molecule has 0 aliphatic rings. The van der Waals surface area contributed by atoms with E-state index in [0.29, 0.717) is 18.1 Å². The maximum Gasteiger partial charge on any atom is 0.239 e. The molecule has 1 aromatic carbocycles. The zero-order valence-corrected chi connectivity index (χ0v) is 14.9. The average molecular weight is 351 g/mol. The number of pyridine rings is 1. The van der Waals surface area contributed by atoms with E-state index in [4.69, 9.17) is 16.3 Å². The largest absolute Gasteiger partial charge is 0.383 e. The fourth-order valence-electron chi connectivity index (χ4n) is 2.48. The van der Waals surface area contributed by atoms with Crippen LogP contribution in [0, 0.1) is 0 Å². The number of fused-ring (bicyclic) bond motifs is 1. The highest BCUT2D eigenvalue weighted by atomic mass is 35.5. The second-order valence-electron chi connectivity index (χ2n) is 5.44. The number of carbonyl (C=O) groups excluding carboxylic acids is 1. The van der Waals surface area contributed by atoms with Gasteiger partial charge in [0.2, 0.25) is 5.91 Å². The number of amides is 1. The third-order valence-electron chi connectivity index (χ3n) is 3.88. The summed E-state index contributed by atoms with van der Waals surface area (Å²) in [5.41, 5.74) is 1.79. The Balaban J connectivity index is 1.90. The van der Waals surface area contributed by atoms with Crippen molar-refractivity contribution < 1.29 is 9.53 Å². The summed E-state index contributed by atoms with van der Waals surface area (Å²) < 4.78 is 5.20. The van der Waals surface area contributed by atoms with Crippen LogP contribution in [0.15, 0.2) is 30.5 Å². The summed E-state index contributed by atoms with van der Waals surface area (Å²) in [5, 5.41) is 10.8. The molecule has 0 aliphatic heterocycles. The number of hydrogen-bond acceptors (Lipinski definition) is 5. The molecule has 3 N–H and O–H groups in total. The lowest BCUT2D eigenvalue weighted by atomic mass is 10.1. The Bertz CT molecular complexity index is 695. The quantitative estimate of drug-likeness (QED) is 0.635. The Morgan fingerprint density at radius 1 is 1.33 bits per heavy atom. The summed E-state index contributed by atoms with van der Waals surface area (Å²) in [5.74, 6) is -0.0833. The van der Waals surface area contributed by atoms with Crippen LogP contribution in [0.2, 0.25) is 5.02 Å². The Morgan fingerprint density at radius 2 is 2.12 bits per heavy atom. The second kappa shape index (κ2) is 8.82. The minimum atomic E-state index is -0.376. The van der Waals surface area contributed by atoms with Crippen molar-refractivity contribution in [2.45, 2.75) is 19.1 Å². The van der Waals surface area contributed by atoms with E-state index in [1.165, 1.54) is 0 Å². The summed E-state index contributed by atoms with van der Waals surface area (Å²) in [7, 11) is 3.33. The minimum Gasteiger partial charge on any atom is -0.383 e. The maximum atomic E-state index is 12.1. The number of methoxy groups -OCH3 is 1. The molecule has 0 aliphatic carbocycles. The Labute approximate surface area is 146 Å². The Morgan fingerprint density at radius 3 is 2.83 bits per heavy atom. The molecular formula is C17H23ClN4O2. The Kier molecular flexibility index (Phi) is 6.78. The molecule has 24 heavy (non-hydrogen) atoms. The van der Waals surface area contributed by atoms with Crippen molar-refractivity contribution in [2.24, 2.45) is 0 Å². The standard InChI is InChI=1S/C17H23ClN4O2/c1-11(24-3)16(19-2)17(23)22-9-8-21-14-6-7-20-15-10-12(18)4-5-13(14)15/h4-7,10-11,16,19H,8-9H2,1-3H3,(H,20,21)(H,22,23)/t11-,16+/m1/s1. The van der Waals surface area contributed by atoms with Crippen LogP contribution in [-0.4, -0.2) is 50.3 Å². The van der Waals surface area contributed by atoms with E-state index in [1.54, 1.807) is 20.4 Å². The fraction of sp³-hybridized carbons (Fsp3) is 0.412. The van der Waals surface area contributed by atoms with Crippen molar-refractivity contribution in [1.82, 2.24) is 15.6 Å². The van der Waals surface area contributed by atoms with E-state index in [9.17, 15) is 4.79 Å². The molecule has 2 rings (SSSR count). The van der Waals surface area contributed by atoms with Crippen molar-refractivity contribution >= 4 is 34.1 Å². The molecule has 0 fully saturated rings. The monoisotopic (exact) mass is 350 g/mol. The number of rotatable bonds is 8. The molecule has 6 nitrogen and oxygen atoms in total. The van der Waals surface area contributed by atoms with Gasteiger partial charge in [-0.25, -0.2) is 0 Å². The van der Waals surface area contributed by atoms with Crippen LogP contribution in [0.3, 0.4) is 0 Å². The SMILES string of the molecule is CN[C@H](C(=O)NCCNc1ccnc2cc(Cl)ccc12)[C@@H](C)OC. The van der Waals surface area contributed by atoms with Gasteiger partial charge < -0.3 is 20.7 Å². The first-order chi connectivity index (χ1) is 11.6. The summed E-state index contributed by atoms with van der Waals surface area (Å²) in [4.78, 5) is 16.4. The van der Waals surface area contributed by atoms with Crippen LogP contribution in [0.25, 0.3) is 10.9 Å². The van der Waals surface area contributed by atoms with Gasteiger partial charge >= 0.3 is 0 Å². The van der Waals surface area contributed by atoms with Crippen molar-refractivity contribution in [1.29, 1.82) is 0 Å². The minimum absolute atomic E-state index is 0.0833. The molecule has 1 heterocycles. The number of ether oxygens (including phenoxy) is 1. The van der Waals surface area contributed by atoms with Crippen molar-refractivity contribution in [3.8, 4) is 0 Å². The number of nitrogens with zero attached hydrogens (tertiary/aromatic N) is 1. The van der Waals surface area contributed by atoms with Crippen LogP contribution in [0.1, 0.15) is 6.92 Å². The molecular weight excluding hydrogens is 328 g/mol. The van der Waals surface area contributed by atoms with Gasteiger partial charge in [-0.1, -0.05) is 11.6 Å². The van der Waals surface area contributed by atoms with Crippen molar-refractivity contribution in [3.63, 3.8) is 0 Å². The number of carbonyl (C=O) groups is 1. The molecule has 0 saturated carbocycles. The van der Waals surface area contributed by atoms with Crippen LogP contribution >= 0.6 is 11.6 Å². The molecule has 0 spiro atoms. The lowest BCUT2D eigenvalue weighted by Gasteiger charge is -2.21. The number of benzene rings is 1. The molecule has 0 saturated heterocycles. The third kappa shape index (κ3) is 4.56. The van der Waals surface area contributed by atoms with Crippen LogP contribution in [0.4, 0.5) is 5.69 Å². The number of hydrogen-bond donors (Lipinski definition) is 3. The predicted molar refractivity (Wildman–Crippen MR) is 97.6 cm³/mol. The summed E-state index contributed by atoms with van der Waals surface area (Å²) in [6.45, 7) is 2.96. The summed E-state index contributed by atoms with van der Waals surface area (Å²) in [6, 6.07) is 7.12. The number of aromatic nitrogens is 1. The maximum absolute atomic E-state index is 12.1. The zero-order valence-electron chi connectivity index (χ0n) is 14.1. The lowest BCUT2D eigenvalue weighted by Crippen LogP contribution is -2.50. The predicted octanol–water partition coefficient (Wildman–Crippen LogP) is 2.04. The van der Waals surface area contributed by atoms with Crippen LogP contribution < -0.4 is 16.0 Å². The first-order valence-corrected chi connectivity index (χ1v) is 8.20. The van der Waals surface area contributed by atoms with E-state index in [-0.39, 0.29) is 18.1 Å². The normalized spacial score (nSPS) is 13.5. The highest BCUT2D eigenvalue weighted by molar-refractivity contribution is 6.31. The van der Waals surface area contributed by atoms with E-state index >= 15 is 0 Å². The van der Waals surface area contributed by atoms with Crippen molar-refractivity contribution in [3.05, 3.63) is 35.5 Å². The lowest BCUT2D eigenvalue weighted by molar-refractivity contribution is -0.125. The molecule has 0 unspecified atom stereocenters. The second-order valence-corrected chi connectivity index (χ2v) is 5.88. The number of nitrogens with one attached hydrogen (secondary N) is 3. The molecule has 130 valence electrons. The van der Waals surface area contributed by atoms with Gasteiger partial charge in [-0.15, -0.1) is 0 Å². The Hall–Kier alpha value is -1.89. The van der Waals surface area contributed by atoms with Gasteiger partial charge in [0.1, 0.15) is 6.04 Å². The average Bonchev–Trinajstić information content (AvgIpc) is 2.58. The smallest absolute Gasteiger partial charge is 0.239 e. The highest BCUT2D eigenvalue weighted by Crippen LogP contribution is 2.23. The van der Waals surface area contributed by atoms with Gasteiger partial charge in [0.25, 0.3) is 0 Å². The molecule has 0 bridgehead atoms. The zero-order chi connectivity index (χ0) is 17.5. The number of likely N-dealkylation sites (N-methyl/N-ethyl adjacent to an activating group) is 1. The van der Waals surface area contributed by atoms with E-state index < -0.39 is 0 Å². The van der Waals surface area contributed by atoms with E-state index in [2.05, 4.69) is 20.9 Å². The van der Waals surface area contributed by atoms with Crippen molar-refractivity contribution in [2.75, 3.05) is 32.6 Å². The molecule has 7 heteroatoms. The van der Waals surface area contributed by atoms with E-state index in [0.717, 1.165) is 16.6 Å². The van der Waals surface area contributed by atoms with Gasteiger partial charge in [-0.05, 0) is 38.2 Å². The van der Waals surface area contributed by atoms with Gasteiger partial charge in [0.15, 0.2) is 0 Å². The highest BCUT2D eigenvalue weighted by Gasteiger charge is 2.22. The van der Waals surface area contributed by atoms with Crippen LogP contribution in [0.5, 0.6) is 0 Å². The van der Waals surface area contributed by atoms with Gasteiger partial charge in [-0.3, -0.25) is 9.78 Å². The van der Waals surface area contributed by atoms with Gasteiger partial charge in [0, 0.05) is 42.5 Å². The molecule has 2 atom stereocenters. The topological polar surface area (TPSA) is 75.3 Å². The van der Waals surface area contributed by atoms with Gasteiger partial charge in [-0.2, -0.15) is 0 Å². The third-order valence-corrected chi connectivity index (χ3v) is 4.11. The first-order valence-electron chi connectivity index (χ1n) is 7.82. The summed E-state index contributed by atoms with van der Waals surface area (Å²) in [6.07, 6.45) is 1.54.